The highest BCUT2D eigenvalue weighted by Crippen LogP contribution is 2.36. The Morgan fingerprint density at radius 3 is 2.90 bits per heavy atom. The molecule has 8 nitrogen and oxygen atoms in total. The molecule has 1 aromatic heterocycles. The third-order valence-corrected chi connectivity index (χ3v) is 5.79. The fourth-order valence-corrected chi connectivity index (χ4v) is 4.28. The van der Waals surface area contributed by atoms with Gasteiger partial charge in [0.2, 0.25) is 5.91 Å². The second-order valence-corrected chi connectivity index (χ2v) is 7.93. The SMILES string of the molecule is COc1c(Cl)cccc1NC1CC(Nc2cc(C)c(F)cn2)NC2NN(C)C(=O)C12. The normalized spacial score (nSPS) is 25.8. The summed E-state index contributed by atoms with van der Waals surface area (Å²) in [6, 6.07) is 6.89. The molecule has 1 amide bonds. The number of fused-ring (bicyclic) bond motifs is 1. The van der Waals surface area contributed by atoms with Crippen LogP contribution in [0.3, 0.4) is 0 Å². The number of piperidine rings is 1. The summed E-state index contributed by atoms with van der Waals surface area (Å²) < 4.78 is 19.0. The van der Waals surface area contributed by atoms with E-state index < -0.39 is 0 Å². The number of ether oxygens (including phenoxy) is 1. The zero-order chi connectivity index (χ0) is 21.4. The van der Waals surface area contributed by atoms with Gasteiger partial charge in [0.25, 0.3) is 0 Å². The summed E-state index contributed by atoms with van der Waals surface area (Å²) in [5.74, 6) is 0.386. The summed E-state index contributed by atoms with van der Waals surface area (Å²) in [6.07, 6.45) is 1.27. The smallest absolute Gasteiger partial charge is 0.244 e. The van der Waals surface area contributed by atoms with Crippen LogP contribution < -0.4 is 26.1 Å². The lowest BCUT2D eigenvalue weighted by atomic mass is 9.88. The molecule has 0 spiro atoms. The lowest BCUT2D eigenvalue weighted by Gasteiger charge is -2.39. The van der Waals surface area contributed by atoms with Gasteiger partial charge in [-0.05, 0) is 30.7 Å². The Hall–Kier alpha value is -2.62. The number of amides is 1. The van der Waals surface area contributed by atoms with Crippen molar-refractivity contribution in [3.8, 4) is 5.75 Å². The molecule has 2 aromatic rings. The molecule has 30 heavy (non-hydrogen) atoms. The van der Waals surface area contributed by atoms with Gasteiger partial charge in [-0.3, -0.25) is 15.1 Å². The average molecular weight is 435 g/mol. The van der Waals surface area contributed by atoms with Crippen LogP contribution in [-0.4, -0.2) is 48.4 Å². The van der Waals surface area contributed by atoms with Gasteiger partial charge in [-0.25, -0.2) is 14.8 Å². The number of pyridine rings is 1. The number of benzene rings is 1. The maximum absolute atomic E-state index is 13.6. The maximum Gasteiger partial charge on any atom is 0.244 e. The Balaban J connectivity index is 1.59. The Labute approximate surface area is 179 Å². The highest BCUT2D eigenvalue weighted by Gasteiger charge is 2.48. The van der Waals surface area contributed by atoms with E-state index in [0.29, 0.717) is 34.3 Å². The monoisotopic (exact) mass is 434 g/mol. The van der Waals surface area contributed by atoms with Crippen molar-refractivity contribution in [3.63, 3.8) is 0 Å². The highest BCUT2D eigenvalue weighted by molar-refractivity contribution is 6.32. The number of hydrazine groups is 1. The first kappa shape index (κ1) is 20.6. The van der Waals surface area contributed by atoms with Crippen LogP contribution in [0.1, 0.15) is 12.0 Å². The number of para-hydroxylation sites is 1. The van der Waals surface area contributed by atoms with E-state index in [1.165, 1.54) is 11.2 Å². The number of hydrogen-bond acceptors (Lipinski definition) is 7. The predicted octanol–water partition coefficient (Wildman–Crippen LogP) is 2.32. The summed E-state index contributed by atoms with van der Waals surface area (Å²) in [7, 11) is 3.26. The van der Waals surface area contributed by atoms with Crippen molar-refractivity contribution in [2.45, 2.75) is 31.7 Å². The average Bonchev–Trinajstić information content (AvgIpc) is 2.99. The number of hydrogen-bond donors (Lipinski definition) is 4. The number of nitrogens with one attached hydrogen (secondary N) is 4. The summed E-state index contributed by atoms with van der Waals surface area (Å²) in [5.41, 5.74) is 4.38. The van der Waals surface area contributed by atoms with E-state index in [9.17, 15) is 9.18 Å². The van der Waals surface area contributed by atoms with Crippen LogP contribution in [0.4, 0.5) is 15.9 Å². The number of carbonyl (C=O) groups is 1. The minimum atomic E-state index is -0.352. The predicted molar refractivity (Wildman–Crippen MR) is 113 cm³/mol. The number of aromatic nitrogens is 1. The Kier molecular flexibility index (Phi) is 5.68. The summed E-state index contributed by atoms with van der Waals surface area (Å²) in [6.45, 7) is 1.69. The Morgan fingerprint density at radius 1 is 1.37 bits per heavy atom. The lowest BCUT2D eigenvalue weighted by molar-refractivity contribution is -0.131. The first-order valence-electron chi connectivity index (χ1n) is 9.65. The van der Waals surface area contributed by atoms with Gasteiger partial charge < -0.3 is 15.4 Å². The van der Waals surface area contributed by atoms with Crippen molar-refractivity contribution in [2.24, 2.45) is 5.92 Å². The fourth-order valence-electron chi connectivity index (χ4n) is 4.03. The second kappa shape index (κ2) is 8.25. The van der Waals surface area contributed by atoms with Gasteiger partial charge >= 0.3 is 0 Å². The van der Waals surface area contributed by atoms with Gasteiger partial charge in [-0.2, -0.15) is 0 Å². The number of nitrogens with zero attached hydrogens (tertiary/aromatic N) is 2. The molecule has 2 aliphatic rings. The second-order valence-electron chi connectivity index (χ2n) is 7.52. The van der Waals surface area contributed by atoms with Crippen molar-refractivity contribution in [3.05, 3.63) is 46.9 Å². The number of halogens is 2. The number of anilines is 2. The third kappa shape index (κ3) is 3.88. The van der Waals surface area contributed by atoms with E-state index in [4.69, 9.17) is 16.3 Å². The summed E-state index contributed by atoms with van der Waals surface area (Å²) >= 11 is 6.26. The first-order valence-corrected chi connectivity index (χ1v) is 10.0. The van der Waals surface area contributed by atoms with Gasteiger partial charge in [-0.15, -0.1) is 0 Å². The van der Waals surface area contributed by atoms with Crippen molar-refractivity contribution in [1.29, 1.82) is 0 Å². The number of methoxy groups -OCH3 is 1. The molecule has 0 bridgehead atoms. The van der Waals surface area contributed by atoms with Crippen LogP contribution in [0, 0.1) is 18.7 Å². The van der Waals surface area contributed by atoms with E-state index in [1.54, 1.807) is 33.2 Å². The third-order valence-electron chi connectivity index (χ3n) is 5.49. The quantitative estimate of drug-likeness (QED) is 0.574. The zero-order valence-corrected chi connectivity index (χ0v) is 17.6. The molecule has 4 rings (SSSR count). The molecule has 2 aliphatic heterocycles. The number of rotatable bonds is 5. The molecule has 160 valence electrons. The molecule has 0 radical (unpaired) electrons. The molecular weight excluding hydrogens is 411 g/mol. The van der Waals surface area contributed by atoms with Gasteiger partial charge in [0.05, 0.1) is 42.3 Å². The number of carbonyl (C=O) groups excluding carboxylic acids is 1. The van der Waals surface area contributed by atoms with E-state index in [0.717, 1.165) is 0 Å². The standard InChI is InChI=1S/C20H24ClFN6O2/c1-10-7-15(23-9-12(10)22)25-16-8-14(17-19(26-16)27-28(2)20(17)29)24-13-6-4-5-11(21)18(13)30-3/h4-7,9,14,16-17,19,24,26-27H,8H2,1-3H3,(H,23,25). The van der Waals surface area contributed by atoms with E-state index in [1.807, 2.05) is 12.1 Å². The molecule has 0 aliphatic carbocycles. The first-order chi connectivity index (χ1) is 14.4. The lowest BCUT2D eigenvalue weighted by Crippen LogP contribution is -2.60. The van der Waals surface area contributed by atoms with Crippen LogP contribution in [0.15, 0.2) is 30.5 Å². The van der Waals surface area contributed by atoms with Crippen molar-refractivity contribution >= 4 is 29.0 Å². The highest BCUT2D eigenvalue weighted by atomic mass is 35.5. The van der Waals surface area contributed by atoms with Crippen molar-refractivity contribution < 1.29 is 13.9 Å². The molecule has 10 heteroatoms. The van der Waals surface area contributed by atoms with Crippen LogP contribution >= 0.6 is 11.6 Å². The minimum absolute atomic E-state index is 0.0137. The molecule has 3 heterocycles. The zero-order valence-electron chi connectivity index (χ0n) is 16.9. The van der Waals surface area contributed by atoms with Gasteiger partial charge in [-0.1, -0.05) is 17.7 Å². The summed E-state index contributed by atoms with van der Waals surface area (Å²) in [5, 5.41) is 12.1. The minimum Gasteiger partial charge on any atom is -0.493 e. The van der Waals surface area contributed by atoms with E-state index in [-0.39, 0.29) is 36.0 Å². The fraction of sp³-hybridized carbons (Fsp3) is 0.400. The van der Waals surface area contributed by atoms with Crippen molar-refractivity contribution in [1.82, 2.24) is 20.7 Å². The molecular formula is C20H24ClFN6O2. The molecule has 4 N–H and O–H groups in total. The Morgan fingerprint density at radius 2 is 2.17 bits per heavy atom. The molecule has 1 aromatic carbocycles. The van der Waals surface area contributed by atoms with Gasteiger partial charge in [0, 0.05) is 19.5 Å². The topological polar surface area (TPSA) is 90.5 Å². The van der Waals surface area contributed by atoms with E-state index >= 15 is 0 Å². The van der Waals surface area contributed by atoms with E-state index in [2.05, 4.69) is 26.4 Å². The van der Waals surface area contributed by atoms with Crippen molar-refractivity contribution in [2.75, 3.05) is 24.8 Å². The molecule has 2 fully saturated rings. The molecule has 4 atom stereocenters. The largest absolute Gasteiger partial charge is 0.493 e. The van der Waals surface area contributed by atoms with Gasteiger partial charge in [0.15, 0.2) is 5.75 Å². The Bertz CT molecular complexity index is 961. The van der Waals surface area contributed by atoms with Crippen LogP contribution in [0.25, 0.3) is 0 Å². The van der Waals surface area contributed by atoms with Crippen LogP contribution in [0.5, 0.6) is 5.75 Å². The number of aryl methyl sites for hydroxylation is 1. The summed E-state index contributed by atoms with van der Waals surface area (Å²) in [4.78, 5) is 16.9. The maximum atomic E-state index is 13.6. The molecule has 4 unspecified atom stereocenters. The molecule has 0 saturated carbocycles. The van der Waals surface area contributed by atoms with Crippen LogP contribution in [0.2, 0.25) is 5.02 Å². The van der Waals surface area contributed by atoms with Crippen LogP contribution in [-0.2, 0) is 4.79 Å². The van der Waals surface area contributed by atoms with Gasteiger partial charge in [0.1, 0.15) is 11.6 Å². The molecule has 2 saturated heterocycles.